The molecule has 1 aliphatic heterocycles. The minimum Gasteiger partial charge on any atom is -0.378 e. The Balaban J connectivity index is 1.85. The molecule has 146 valence electrons. The van der Waals surface area contributed by atoms with E-state index in [2.05, 4.69) is 0 Å². The molecule has 2 fully saturated rings. The van der Waals surface area contributed by atoms with Gasteiger partial charge >= 0.3 is 0 Å². The third kappa shape index (κ3) is 3.76. The van der Waals surface area contributed by atoms with Crippen LogP contribution in [0.3, 0.4) is 0 Å². The van der Waals surface area contributed by atoms with Crippen molar-refractivity contribution in [2.24, 2.45) is 0 Å². The Hall–Kier alpha value is -1.15. The number of rotatable bonds is 5. The number of benzene rings is 1. The van der Waals surface area contributed by atoms with Crippen LogP contribution in [0.2, 0.25) is 0 Å². The molecule has 6 nitrogen and oxygen atoms in total. The fraction of sp³-hybridized carbons (Fsp3) is 0.684. The first-order chi connectivity index (χ1) is 12.3. The molecule has 3 rings (SSSR count). The molecular formula is C19H31N3O3S. The second-order valence-electron chi connectivity index (χ2n) is 7.66. The van der Waals surface area contributed by atoms with Crippen molar-refractivity contribution in [3.8, 4) is 0 Å². The van der Waals surface area contributed by atoms with E-state index in [4.69, 9.17) is 4.84 Å². The van der Waals surface area contributed by atoms with Gasteiger partial charge in [-0.1, -0.05) is 31.4 Å². The van der Waals surface area contributed by atoms with E-state index < -0.39 is 15.3 Å². The molecule has 1 aromatic carbocycles. The van der Waals surface area contributed by atoms with Crippen LogP contribution < -0.4 is 4.90 Å². The highest BCUT2D eigenvalue weighted by molar-refractivity contribution is 7.89. The first-order valence-corrected chi connectivity index (χ1v) is 10.9. The molecule has 1 saturated carbocycles. The zero-order valence-electron chi connectivity index (χ0n) is 16.3. The summed E-state index contributed by atoms with van der Waals surface area (Å²) in [7, 11) is 4.11. The van der Waals surface area contributed by atoms with Crippen molar-refractivity contribution in [1.29, 1.82) is 0 Å². The Labute approximate surface area is 157 Å². The van der Waals surface area contributed by atoms with Gasteiger partial charge in [-0.2, -0.15) is 5.06 Å². The quantitative estimate of drug-likeness (QED) is 0.785. The summed E-state index contributed by atoms with van der Waals surface area (Å²) in [6.45, 7) is 0.204. The fourth-order valence-electron chi connectivity index (χ4n) is 4.11. The molecule has 7 heteroatoms. The maximum absolute atomic E-state index is 13.3. The van der Waals surface area contributed by atoms with Crippen molar-refractivity contribution in [2.75, 3.05) is 39.7 Å². The van der Waals surface area contributed by atoms with Gasteiger partial charge in [0.05, 0.1) is 12.6 Å². The number of hydrogen-bond acceptors (Lipinski definition) is 5. The van der Waals surface area contributed by atoms with Gasteiger partial charge in [-0.05, 0) is 30.5 Å². The molecule has 0 radical (unpaired) electrons. The van der Waals surface area contributed by atoms with Gasteiger partial charge in [0.2, 0.25) is 10.0 Å². The molecule has 2 unspecified atom stereocenters. The SMILES string of the molecule is CN(C)c1ccc(C2C(S(=O)(=O)N(C)C3CCCCC3)CON2C)cc1. The predicted molar refractivity (Wildman–Crippen MR) is 105 cm³/mol. The lowest BCUT2D eigenvalue weighted by Crippen LogP contribution is -2.45. The van der Waals surface area contributed by atoms with Crippen LogP contribution in [0.1, 0.15) is 43.7 Å². The zero-order valence-corrected chi connectivity index (χ0v) is 17.1. The van der Waals surface area contributed by atoms with Gasteiger partial charge in [-0.3, -0.25) is 4.84 Å². The first kappa shape index (κ1) is 19.6. The van der Waals surface area contributed by atoms with E-state index in [0.29, 0.717) is 0 Å². The molecule has 2 aliphatic rings. The normalized spacial score (nSPS) is 25.7. The lowest BCUT2D eigenvalue weighted by atomic mass is 9.96. The van der Waals surface area contributed by atoms with E-state index in [1.165, 1.54) is 6.42 Å². The monoisotopic (exact) mass is 381 g/mol. The van der Waals surface area contributed by atoms with Gasteiger partial charge in [0.25, 0.3) is 0 Å². The van der Waals surface area contributed by atoms with Crippen molar-refractivity contribution >= 4 is 15.7 Å². The number of hydrogen-bond donors (Lipinski definition) is 0. The molecule has 2 atom stereocenters. The van der Waals surface area contributed by atoms with Crippen LogP contribution in [0.4, 0.5) is 5.69 Å². The Kier molecular flexibility index (Phi) is 5.91. The van der Waals surface area contributed by atoms with Crippen LogP contribution in [-0.2, 0) is 14.9 Å². The summed E-state index contributed by atoms with van der Waals surface area (Å²) >= 11 is 0. The average molecular weight is 382 g/mol. The van der Waals surface area contributed by atoms with Gasteiger partial charge in [0.15, 0.2) is 0 Å². The van der Waals surface area contributed by atoms with Crippen LogP contribution in [0.25, 0.3) is 0 Å². The molecular weight excluding hydrogens is 350 g/mol. The molecule has 1 heterocycles. The lowest BCUT2D eigenvalue weighted by molar-refractivity contribution is -0.110. The number of sulfonamides is 1. The summed E-state index contributed by atoms with van der Waals surface area (Å²) in [5.74, 6) is 0. The topological polar surface area (TPSA) is 53.1 Å². The van der Waals surface area contributed by atoms with Gasteiger partial charge in [-0.25, -0.2) is 12.7 Å². The third-order valence-electron chi connectivity index (χ3n) is 5.81. The first-order valence-electron chi connectivity index (χ1n) is 9.42. The second kappa shape index (κ2) is 7.84. The predicted octanol–water partition coefficient (Wildman–Crippen LogP) is 2.63. The van der Waals surface area contributed by atoms with Crippen LogP contribution in [0, 0.1) is 0 Å². The number of hydroxylamine groups is 2. The molecule has 1 aromatic rings. The third-order valence-corrected chi connectivity index (χ3v) is 8.07. The fourth-order valence-corrected chi connectivity index (χ4v) is 6.05. The molecule has 0 N–H and O–H groups in total. The van der Waals surface area contributed by atoms with Crippen molar-refractivity contribution in [2.45, 2.75) is 49.4 Å². The maximum Gasteiger partial charge on any atom is 0.221 e. The van der Waals surface area contributed by atoms with Crippen molar-refractivity contribution < 1.29 is 13.3 Å². The minimum absolute atomic E-state index is 0.122. The molecule has 26 heavy (non-hydrogen) atoms. The van der Waals surface area contributed by atoms with Crippen molar-refractivity contribution in [3.05, 3.63) is 29.8 Å². The van der Waals surface area contributed by atoms with Crippen molar-refractivity contribution in [1.82, 2.24) is 9.37 Å². The summed E-state index contributed by atoms with van der Waals surface area (Å²) in [6.07, 6.45) is 5.35. The van der Waals surface area contributed by atoms with E-state index >= 15 is 0 Å². The standard InChI is InChI=1S/C19H31N3O3S/c1-20(2)16-12-10-15(11-13-16)19-18(14-25-21(19)3)26(23,24)22(4)17-8-6-5-7-9-17/h10-13,17-19H,5-9,14H2,1-4H3. The minimum atomic E-state index is -3.44. The van der Waals surface area contributed by atoms with Crippen LogP contribution in [-0.4, -0.2) is 63.9 Å². The number of nitrogens with zero attached hydrogens (tertiary/aromatic N) is 3. The van der Waals surface area contributed by atoms with Gasteiger partial charge in [-0.15, -0.1) is 0 Å². The lowest BCUT2D eigenvalue weighted by Gasteiger charge is -2.33. The van der Waals surface area contributed by atoms with E-state index in [9.17, 15) is 8.42 Å². The Morgan fingerprint density at radius 1 is 1.04 bits per heavy atom. The average Bonchev–Trinajstić information content (AvgIpc) is 3.04. The molecule has 0 bridgehead atoms. The smallest absolute Gasteiger partial charge is 0.221 e. The molecule has 1 saturated heterocycles. The Bertz CT molecular complexity index is 699. The van der Waals surface area contributed by atoms with Crippen LogP contribution in [0.15, 0.2) is 24.3 Å². The van der Waals surface area contributed by atoms with Crippen molar-refractivity contribution in [3.63, 3.8) is 0 Å². The maximum atomic E-state index is 13.3. The van der Waals surface area contributed by atoms with Gasteiger partial charge in [0.1, 0.15) is 5.25 Å². The number of anilines is 1. The second-order valence-corrected chi connectivity index (χ2v) is 9.88. The summed E-state index contributed by atoms with van der Waals surface area (Å²) in [4.78, 5) is 7.68. The van der Waals surface area contributed by atoms with E-state index in [1.807, 2.05) is 50.3 Å². The van der Waals surface area contributed by atoms with E-state index in [0.717, 1.165) is 36.9 Å². The highest BCUT2D eigenvalue weighted by atomic mass is 32.2. The highest BCUT2D eigenvalue weighted by Crippen LogP contribution is 2.36. The summed E-state index contributed by atoms with van der Waals surface area (Å²) < 4.78 is 28.3. The largest absolute Gasteiger partial charge is 0.378 e. The highest BCUT2D eigenvalue weighted by Gasteiger charge is 2.46. The summed E-state index contributed by atoms with van der Waals surface area (Å²) in [5, 5.41) is 1.12. The van der Waals surface area contributed by atoms with Crippen LogP contribution >= 0.6 is 0 Å². The van der Waals surface area contributed by atoms with E-state index in [1.54, 1.807) is 16.4 Å². The molecule has 0 spiro atoms. The van der Waals surface area contributed by atoms with Gasteiger partial charge in [0, 0.05) is 39.9 Å². The Morgan fingerprint density at radius 2 is 1.65 bits per heavy atom. The molecule has 0 amide bonds. The summed E-state index contributed by atoms with van der Waals surface area (Å²) in [6, 6.07) is 7.90. The zero-order chi connectivity index (χ0) is 18.9. The Morgan fingerprint density at radius 3 is 2.23 bits per heavy atom. The summed E-state index contributed by atoms with van der Waals surface area (Å²) in [5.41, 5.74) is 2.07. The van der Waals surface area contributed by atoms with Crippen LogP contribution in [0.5, 0.6) is 0 Å². The van der Waals surface area contributed by atoms with Gasteiger partial charge < -0.3 is 4.90 Å². The van der Waals surface area contributed by atoms with E-state index in [-0.39, 0.29) is 18.7 Å². The molecule has 0 aromatic heterocycles. The molecule has 1 aliphatic carbocycles.